The summed E-state index contributed by atoms with van der Waals surface area (Å²) in [6.45, 7) is 6.01. The van der Waals surface area contributed by atoms with Crippen LogP contribution in [0.4, 0.5) is 11.4 Å². The molecule has 0 unspecified atom stereocenters. The van der Waals surface area contributed by atoms with E-state index in [0.29, 0.717) is 17.2 Å². The number of aliphatic carboxylic acids is 1. The van der Waals surface area contributed by atoms with Crippen LogP contribution in [-0.2, 0) is 4.79 Å². The van der Waals surface area contributed by atoms with Gasteiger partial charge in [-0.05, 0) is 62.7 Å². The maximum absolute atomic E-state index is 11.7. The van der Waals surface area contributed by atoms with Crippen molar-refractivity contribution in [3.05, 3.63) is 87.3 Å². The first kappa shape index (κ1) is 22.5. The molecule has 0 amide bonds. The third-order valence-corrected chi connectivity index (χ3v) is 7.26. The van der Waals surface area contributed by atoms with E-state index in [4.69, 9.17) is 10.3 Å². The molecular weight excluding hydrogens is 460 g/mol. The number of aryl methyl sites for hydroxylation is 2. The van der Waals surface area contributed by atoms with Gasteiger partial charge >= 0.3 is 5.97 Å². The van der Waals surface area contributed by atoms with Crippen molar-refractivity contribution in [2.45, 2.75) is 33.2 Å². The Hall–Kier alpha value is -4.29. The van der Waals surface area contributed by atoms with Crippen molar-refractivity contribution in [1.82, 2.24) is 14.8 Å². The van der Waals surface area contributed by atoms with Gasteiger partial charge in [-0.25, -0.2) is 0 Å². The molecule has 4 aromatic rings. The summed E-state index contributed by atoms with van der Waals surface area (Å²) in [5.41, 5.74) is 6.12. The molecule has 1 aliphatic rings. The third-order valence-electron chi connectivity index (χ3n) is 6.07. The Kier molecular flexibility index (Phi) is 5.67. The highest BCUT2D eigenvalue weighted by Gasteiger charge is 2.32. The Bertz CT molecular complexity index is 1510. The average molecular weight is 483 g/mol. The second kappa shape index (κ2) is 8.81. The molecule has 2 N–H and O–H groups in total. The molecule has 174 valence electrons. The van der Waals surface area contributed by atoms with Gasteiger partial charge in [-0.2, -0.15) is 5.26 Å². The van der Waals surface area contributed by atoms with Crippen LogP contribution in [0.3, 0.4) is 0 Å². The van der Waals surface area contributed by atoms with E-state index in [0.717, 1.165) is 43.7 Å². The zero-order valence-corrected chi connectivity index (χ0v) is 20.2. The van der Waals surface area contributed by atoms with Crippen LogP contribution < -0.4 is 5.32 Å². The third kappa shape index (κ3) is 4.09. The summed E-state index contributed by atoms with van der Waals surface area (Å²) in [4.78, 5) is 17.8. The van der Waals surface area contributed by atoms with Crippen LogP contribution in [-0.4, -0.2) is 31.6 Å². The lowest BCUT2D eigenvalue weighted by molar-refractivity contribution is -0.137. The van der Waals surface area contributed by atoms with Crippen molar-refractivity contribution in [3.8, 4) is 11.1 Å². The molecule has 35 heavy (non-hydrogen) atoms. The zero-order valence-electron chi connectivity index (χ0n) is 19.4. The normalized spacial score (nSPS) is 14.3. The predicted molar refractivity (Wildman–Crippen MR) is 135 cm³/mol. The topological polar surface area (TPSA) is 116 Å². The number of carboxylic acid groups (broad SMARTS) is 1. The number of carbonyl (C=O) groups is 1. The highest BCUT2D eigenvalue weighted by molar-refractivity contribution is 7.15. The molecule has 3 heterocycles. The Morgan fingerprint density at radius 2 is 1.74 bits per heavy atom. The lowest BCUT2D eigenvalue weighted by Gasteiger charge is -2.12. The molecule has 9 heteroatoms. The molecule has 0 aliphatic carbocycles. The number of anilines is 2. The minimum Gasteiger partial charge on any atom is -0.481 e. The Balaban J connectivity index is 1.58. The summed E-state index contributed by atoms with van der Waals surface area (Å²) in [7, 11) is 0. The smallest absolute Gasteiger partial charge is 0.306 e. The first-order valence-corrected chi connectivity index (χ1v) is 11.9. The molecular formula is C26H22N6O2S. The van der Waals surface area contributed by atoms with Crippen molar-refractivity contribution < 1.29 is 9.90 Å². The molecule has 2 aromatic carbocycles. The first-order valence-electron chi connectivity index (χ1n) is 11.1. The summed E-state index contributed by atoms with van der Waals surface area (Å²) in [6.07, 6.45) is -0.174. The number of fused-ring (bicyclic) bond motifs is 3. The number of benzene rings is 2. The van der Waals surface area contributed by atoms with Crippen molar-refractivity contribution >= 4 is 34.4 Å². The molecule has 8 nitrogen and oxygen atoms in total. The predicted octanol–water partition coefficient (Wildman–Crippen LogP) is 5.24. The van der Waals surface area contributed by atoms with Gasteiger partial charge in [-0.15, -0.1) is 21.5 Å². The summed E-state index contributed by atoms with van der Waals surface area (Å²) in [5.74, 6) is 0.309. The summed E-state index contributed by atoms with van der Waals surface area (Å²) < 4.78 is 1.95. The van der Waals surface area contributed by atoms with Crippen LogP contribution in [0.25, 0.3) is 5.00 Å². The Morgan fingerprint density at radius 1 is 1.09 bits per heavy atom. The van der Waals surface area contributed by atoms with Crippen LogP contribution in [0.5, 0.6) is 0 Å². The Labute approximate surface area is 206 Å². The molecule has 1 aliphatic heterocycles. The van der Waals surface area contributed by atoms with Crippen LogP contribution >= 0.6 is 11.3 Å². The highest BCUT2D eigenvalue weighted by Crippen LogP contribution is 2.39. The van der Waals surface area contributed by atoms with Crippen molar-refractivity contribution in [2.24, 2.45) is 4.99 Å². The van der Waals surface area contributed by atoms with E-state index in [1.807, 2.05) is 47.9 Å². The minimum absolute atomic E-state index is 0.174. The number of aromatic nitrogens is 3. The van der Waals surface area contributed by atoms with E-state index in [2.05, 4.69) is 35.4 Å². The van der Waals surface area contributed by atoms with Crippen LogP contribution in [0, 0.1) is 32.1 Å². The van der Waals surface area contributed by atoms with Gasteiger partial charge in [0.15, 0.2) is 5.82 Å². The summed E-state index contributed by atoms with van der Waals surface area (Å²) in [5, 5.41) is 31.4. The van der Waals surface area contributed by atoms with E-state index in [9.17, 15) is 9.90 Å². The number of hydrogen-bond acceptors (Lipinski definition) is 7. The van der Waals surface area contributed by atoms with Crippen molar-refractivity contribution in [3.63, 3.8) is 0 Å². The zero-order chi connectivity index (χ0) is 24.7. The maximum atomic E-state index is 11.7. The fourth-order valence-electron chi connectivity index (χ4n) is 4.20. The number of nitriles is 1. The fourth-order valence-corrected chi connectivity index (χ4v) is 5.41. The van der Waals surface area contributed by atoms with Gasteiger partial charge in [0.1, 0.15) is 16.9 Å². The number of nitrogens with one attached hydrogen (secondary N) is 1. The summed E-state index contributed by atoms with van der Waals surface area (Å²) >= 11 is 1.64. The molecule has 0 saturated carbocycles. The molecule has 5 rings (SSSR count). The number of carboxylic acids is 1. The van der Waals surface area contributed by atoms with Crippen LogP contribution in [0.2, 0.25) is 0 Å². The minimum atomic E-state index is -0.939. The van der Waals surface area contributed by atoms with E-state index in [-0.39, 0.29) is 6.42 Å². The van der Waals surface area contributed by atoms with Gasteiger partial charge in [-0.3, -0.25) is 14.4 Å². The van der Waals surface area contributed by atoms with E-state index in [1.165, 1.54) is 0 Å². The Morgan fingerprint density at radius 3 is 2.37 bits per heavy atom. The maximum Gasteiger partial charge on any atom is 0.306 e. The lowest BCUT2D eigenvalue weighted by Crippen LogP contribution is -2.10. The van der Waals surface area contributed by atoms with E-state index < -0.39 is 12.0 Å². The van der Waals surface area contributed by atoms with Gasteiger partial charge in [0.05, 0.1) is 23.8 Å². The lowest BCUT2D eigenvalue weighted by atomic mass is 9.99. The molecule has 0 spiro atoms. The molecule has 1 atom stereocenters. The number of hydrogen-bond donors (Lipinski definition) is 2. The van der Waals surface area contributed by atoms with Crippen LogP contribution in [0.1, 0.15) is 51.2 Å². The van der Waals surface area contributed by atoms with Gasteiger partial charge in [0, 0.05) is 27.4 Å². The number of thiophene rings is 1. The van der Waals surface area contributed by atoms with Crippen molar-refractivity contribution in [2.75, 3.05) is 5.32 Å². The van der Waals surface area contributed by atoms with E-state index >= 15 is 0 Å². The second-order valence-electron chi connectivity index (χ2n) is 8.39. The monoisotopic (exact) mass is 482 g/mol. The second-order valence-corrected chi connectivity index (χ2v) is 9.59. The molecule has 0 radical (unpaired) electrons. The van der Waals surface area contributed by atoms with Crippen LogP contribution in [0.15, 0.2) is 53.5 Å². The molecule has 0 fully saturated rings. The van der Waals surface area contributed by atoms with Gasteiger partial charge < -0.3 is 10.4 Å². The highest BCUT2D eigenvalue weighted by atomic mass is 32.1. The van der Waals surface area contributed by atoms with Gasteiger partial charge in [-0.1, -0.05) is 12.1 Å². The fraction of sp³-hybridized carbons (Fsp3) is 0.192. The largest absolute Gasteiger partial charge is 0.481 e. The standard InChI is InChI=1S/C26H22N6O2S/c1-14-15(2)35-26-23(14)24(29-21(12-22(33)34)25-31-30-16(3)32(25)26)18-6-10-20(11-7-18)28-19-8-4-17(13-27)5-9-19/h4-11,21,28H,12H2,1-3H3,(H,33,34)/t21-/m0/s1. The first-order chi connectivity index (χ1) is 16.9. The molecule has 0 bridgehead atoms. The number of rotatable bonds is 5. The number of nitrogens with zero attached hydrogens (tertiary/aromatic N) is 5. The quantitative estimate of drug-likeness (QED) is 0.402. The average Bonchev–Trinajstić information content (AvgIpc) is 3.32. The van der Waals surface area contributed by atoms with E-state index in [1.54, 1.807) is 23.5 Å². The van der Waals surface area contributed by atoms with Gasteiger partial charge in [0.2, 0.25) is 0 Å². The molecule has 2 aromatic heterocycles. The summed E-state index contributed by atoms with van der Waals surface area (Å²) in [6, 6.07) is 16.6. The molecule has 0 saturated heterocycles. The van der Waals surface area contributed by atoms with Crippen molar-refractivity contribution in [1.29, 1.82) is 5.26 Å². The van der Waals surface area contributed by atoms with Gasteiger partial charge in [0.25, 0.3) is 0 Å². The SMILES string of the molecule is Cc1sc2c(c1C)C(c1ccc(Nc3ccc(C#N)cc3)cc1)=N[C@@H](CC(=O)O)c1nnc(C)n1-2. The number of aliphatic imine (C=N–C) groups is 1.